The van der Waals surface area contributed by atoms with Gasteiger partial charge in [0.1, 0.15) is 0 Å². The van der Waals surface area contributed by atoms with Gasteiger partial charge in [-0.15, -0.1) is 0 Å². The van der Waals surface area contributed by atoms with Crippen molar-refractivity contribution in [1.82, 2.24) is 5.32 Å². The van der Waals surface area contributed by atoms with Crippen molar-refractivity contribution in [3.63, 3.8) is 0 Å². The standard InChI is InChI=1S/C13H19ClN2/c1-10-4-2-6-12(14)13(10)16-9-11-5-3-7-15-8-11/h2,4,6,11,15-16H,3,5,7-9H2,1H3. The zero-order valence-corrected chi connectivity index (χ0v) is 10.5. The molecule has 3 heteroatoms. The molecular formula is C13H19ClN2. The summed E-state index contributed by atoms with van der Waals surface area (Å²) in [7, 11) is 0. The van der Waals surface area contributed by atoms with Gasteiger partial charge in [0, 0.05) is 6.54 Å². The molecule has 2 rings (SSSR count). The van der Waals surface area contributed by atoms with Crippen LogP contribution < -0.4 is 10.6 Å². The van der Waals surface area contributed by atoms with E-state index in [4.69, 9.17) is 11.6 Å². The lowest BCUT2D eigenvalue weighted by Crippen LogP contribution is -2.33. The Bertz CT molecular complexity index is 326. The van der Waals surface area contributed by atoms with Gasteiger partial charge in [0.25, 0.3) is 0 Å². The molecule has 88 valence electrons. The summed E-state index contributed by atoms with van der Waals surface area (Å²) in [5.74, 6) is 0.726. The van der Waals surface area contributed by atoms with Crippen molar-refractivity contribution >= 4 is 17.3 Å². The summed E-state index contributed by atoms with van der Waals surface area (Å²) in [5.41, 5.74) is 2.31. The van der Waals surface area contributed by atoms with Crippen molar-refractivity contribution in [3.8, 4) is 0 Å². The molecule has 1 aliphatic heterocycles. The van der Waals surface area contributed by atoms with Crippen LogP contribution in [0.15, 0.2) is 18.2 Å². The summed E-state index contributed by atoms with van der Waals surface area (Å²) in [5, 5.41) is 7.73. The molecule has 0 radical (unpaired) electrons. The molecule has 0 aromatic heterocycles. The summed E-state index contributed by atoms with van der Waals surface area (Å²) < 4.78 is 0. The van der Waals surface area contributed by atoms with Gasteiger partial charge in [0.05, 0.1) is 10.7 Å². The molecule has 1 aromatic rings. The first-order chi connectivity index (χ1) is 7.77. The first-order valence-electron chi connectivity index (χ1n) is 5.97. The molecular weight excluding hydrogens is 220 g/mol. The molecule has 1 aliphatic rings. The van der Waals surface area contributed by atoms with E-state index in [1.165, 1.54) is 24.9 Å². The van der Waals surface area contributed by atoms with Gasteiger partial charge in [-0.1, -0.05) is 23.7 Å². The minimum atomic E-state index is 0.726. The summed E-state index contributed by atoms with van der Waals surface area (Å²) in [6.07, 6.45) is 2.59. The molecule has 1 atom stereocenters. The lowest BCUT2D eigenvalue weighted by molar-refractivity contribution is 0.393. The Hall–Kier alpha value is -0.730. The first kappa shape index (κ1) is 11.7. The number of halogens is 1. The van der Waals surface area contributed by atoms with Crippen LogP contribution >= 0.6 is 11.6 Å². The molecule has 1 unspecified atom stereocenters. The van der Waals surface area contributed by atoms with Crippen LogP contribution in [-0.2, 0) is 0 Å². The van der Waals surface area contributed by atoms with E-state index in [0.717, 1.165) is 29.7 Å². The number of aryl methyl sites for hydroxylation is 1. The first-order valence-corrected chi connectivity index (χ1v) is 6.35. The highest BCUT2D eigenvalue weighted by Gasteiger charge is 2.13. The number of piperidine rings is 1. The van der Waals surface area contributed by atoms with Crippen molar-refractivity contribution in [1.29, 1.82) is 0 Å². The third kappa shape index (κ3) is 2.89. The monoisotopic (exact) mass is 238 g/mol. The number of rotatable bonds is 3. The second kappa shape index (κ2) is 5.55. The molecule has 0 amide bonds. The minimum Gasteiger partial charge on any atom is -0.383 e. The van der Waals surface area contributed by atoms with Crippen LogP contribution in [0.25, 0.3) is 0 Å². The van der Waals surface area contributed by atoms with Gasteiger partial charge in [-0.05, 0) is 50.4 Å². The average molecular weight is 239 g/mol. The van der Waals surface area contributed by atoms with Crippen molar-refractivity contribution in [2.75, 3.05) is 25.0 Å². The van der Waals surface area contributed by atoms with Gasteiger partial charge in [0.15, 0.2) is 0 Å². The maximum atomic E-state index is 6.17. The Morgan fingerprint density at radius 1 is 1.50 bits per heavy atom. The van der Waals surface area contributed by atoms with Gasteiger partial charge < -0.3 is 10.6 Å². The van der Waals surface area contributed by atoms with Gasteiger partial charge in [-0.25, -0.2) is 0 Å². The second-order valence-corrected chi connectivity index (χ2v) is 4.93. The van der Waals surface area contributed by atoms with Crippen molar-refractivity contribution in [3.05, 3.63) is 28.8 Å². The maximum absolute atomic E-state index is 6.17. The zero-order chi connectivity index (χ0) is 11.4. The summed E-state index contributed by atoms with van der Waals surface area (Å²) in [6.45, 7) is 5.39. The second-order valence-electron chi connectivity index (χ2n) is 4.53. The van der Waals surface area contributed by atoms with Crippen LogP contribution in [0.5, 0.6) is 0 Å². The van der Waals surface area contributed by atoms with Crippen LogP contribution in [-0.4, -0.2) is 19.6 Å². The molecule has 2 N–H and O–H groups in total. The largest absolute Gasteiger partial charge is 0.383 e. The SMILES string of the molecule is Cc1cccc(Cl)c1NCC1CCCNC1. The van der Waals surface area contributed by atoms with E-state index < -0.39 is 0 Å². The fourth-order valence-corrected chi connectivity index (χ4v) is 2.49. The third-order valence-corrected chi connectivity index (χ3v) is 3.50. The molecule has 1 aromatic carbocycles. The van der Waals surface area contributed by atoms with Crippen molar-refractivity contribution in [2.45, 2.75) is 19.8 Å². The van der Waals surface area contributed by atoms with Crippen LogP contribution in [0.4, 0.5) is 5.69 Å². The van der Waals surface area contributed by atoms with E-state index in [9.17, 15) is 0 Å². The van der Waals surface area contributed by atoms with Gasteiger partial charge >= 0.3 is 0 Å². The van der Waals surface area contributed by atoms with Crippen LogP contribution in [0.2, 0.25) is 5.02 Å². The lowest BCUT2D eigenvalue weighted by atomic mass is 9.99. The minimum absolute atomic E-state index is 0.726. The highest BCUT2D eigenvalue weighted by atomic mass is 35.5. The van der Waals surface area contributed by atoms with Crippen LogP contribution in [0, 0.1) is 12.8 Å². The van der Waals surface area contributed by atoms with E-state index in [1.807, 2.05) is 12.1 Å². The number of hydrogen-bond donors (Lipinski definition) is 2. The normalized spacial score (nSPS) is 20.8. The predicted molar refractivity (Wildman–Crippen MR) is 70.3 cm³/mol. The van der Waals surface area contributed by atoms with E-state index in [0.29, 0.717) is 0 Å². The Kier molecular flexibility index (Phi) is 4.08. The number of anilines is 1. The Morgan fingerprint density at radius 2 is 2.38 bits per heavy atom. The highest BCUT2D eigenvalue weighted by Crippen LogP contribution is 2.25. The number of para-hydroxylation sites is 1. The molecule has 2 nitrogen and oxygen atoms in total. The van der Waals surface area contributed by atoms with E-state index in [1.54, 1.807) is 0 Å². The van der Waals surface area contributed by atoms with Gasteiger partial charge in [0.2, 0.25) is 0 Å². The lowest BCUT2D eigenvalue weighted by Gasteiger charge is -2.24. The molecule has 0 saturated carbocycles. The quantitative estimate of drug-likeness (QED) is 0.846. The summed E-state index contributed by atoms with van der Waals surface area (Å²) >= 11 is 6.17. The molecule has 1 fully saturated rings. The number of nitrogens with one attached hydrogen (secondary N) is 2. The van der Waals surface area contributed by atoms with Crippen molar-refractivity contribution in [2.24, 2.45) is 5.92 Å². The van der Waals surface area contributed by atoms with E-state index in [2.05, 4.69) is 23.6 Å². The number of benzene rings is 1. The molecule has 1 heterocycles. The van der Waals surface area contributed by atoms with Gasteiger partial charge in [-0.2, -0.15) is 0 Å². The number of hydrogen-bond acceptors (Lipinski definition) is 2. The van der Waals surface area contributed by atoms with Crippen LogP contribution in [0.3, 0.4) is 0 Å². The fourth-order valence-electron chi connectivity index (χ4n) is 2.20. The summed E-state index contributed by atoms with van der Waals surface area (Å²) in [4.78, 5) is 0. The third-order valence-electron chi connectivity index (χ3n) is 3.19. The van der Waals surface area contributed by atoms with E-state index >= 15 is 0 Å². The van der Waals surface area contributed by atoms with Crippen molar-refractivity contribution < 1.29 is 0 Å². The summed E-state index contributed by atoms with van der Waals surface area (Å²) in [6, 6.07) is 6.02. The predicted octanol–water partition coefficient (Wildman–Crippen LogP) is 3.06. The molecule has 16 heavy (non-hydrogen) atoms. The fraction of sp³-hybridized carbons (Fsp3) is 0.538. The highest BCUT2D eigenvalue weighted by molar-refractivity contribution is 6.33. The smallest absolute Gasteiger partial charge is 0.0640 e. The Balaban J connectivity index is 1.93. The molecule has 0 spiro atoms. The molecule has 0 aliphatic carbocycles. The van der Waals surface area contributed by atoms with Gasteiger partial charge in [-0.3, -0.25) is 0 Å². The molecule has 1 saturated heterocycles. The Morgan fingerprint density at radius 3 is 3.06 bits per heavy atom. The maximum Gasteiger partial charge on any atom is 0.0640 e. The zero-order valence-electron chi connectivity index (χ0n) is 9.72. The Labute approximate surface area is 102 Å². The molecule has 0 bridgehead atoms. The average Bonchev–Trinajstić information content (AvgIpc) is 2.30. The topological polar surface area (TPSA) is 24.1 Å². The van der Waals surface area contributed by atoms with E-state index in [-0.39, 0.29) is 0 Å². The van der Waals surface area contributed by atoms with Crippen LogP contribution in [0.1, 0.15) is 18.4 Å².